The maximum absolute atomic E-state index is 11.8. The van der Waals surface area contributed by atoms with Crippen LogP contribution < -0.4 is 5.32 Å². The van der Waals surface area contributed by atoms with E-state index in [0.29, 0.717) is 16.2 Å². The molecule has 3 rings (SSSR count). The molecule has 1 amide bonds. The third-order valence-electron chi connectivity index (χ3n) is 2.61. The van der Waals surface area contributed by atoms with Crippen LogP contribution in [-0.2, 0) is 4.79 Å². The maximum Gasteiger partial charge on any atom is 0.277 e. The molecule has 2 heterocycles. The van der Waals surface area contributed by atoms with Gasteiger partial charge < -0.3 is 4.42 Å². The van der Waals surface area contributed by atoms with Crippen molar-refractivity contribution >= 4 is 50.1 Å². The number of carbonyl (C=O) groups excluding carboxylic acids is 1. The molecule has 0 fully saturated rings. The number of hydrogen-bond donors (Lipinski definition) is 1. The van der Waals surface area contributed by atoms with E-state index in [-0.39, 0.29) is 11.7 Å². The van der Waals surface area contributed by atoms with Gasteiger partial charge in [-0.3, -0.25) is 10.1 Å². The summed E-state index contributed by atoms with van der Waals surface area (Å²) in [6.07, 6.45) is 0. The molecule has 0 aliphatic heterocycles. The van der Waals surface area contributed by atoms with Crippen molar-refractivity contribution < 1.29 is 9.21 Å². The molecule has 23 heavy (non-hydrogen) atoms. The highest BCUT2D eigenvalue weighted by molar-refractivity contribution is 9.10. The molecule has 118 valence electrons. The molecule has 10 heteroatoms. The van der Waals surface area contributed by atoms with Gasteiger partial charge in [-0.15, -0.1) is 20.4 Å². The fraction of sp³-hybridized carbons (Fsp3) is 0.154. The van der Waals surface area contributed by atoms with Gasteiger partial charge in [-0.05, 0) is 35.0 Å². The van der Waals surface area contributed by atoms with Gasteiger partial charge in [0.05, 0.1) is 11.3 Å². The van der Waals surface area contributed by atoms with E-state index in [0.717, 1.165) is 26.8 Å². The minimum Gasteiger partial charge on any atom is -0.411 e. The number of carbonyl (C=O) groups is 1. The van der Waals surface area contributed by atoms with Crippen LogP contribution in [0.15, 0.2) is 38.4 Å². The minimum absolute atomic E-state index is 0.149. The van der Waals surface area contributed by atoms with Gasteiger partial charge in [0.2, 0.25) is 16.9 Å². The van der Waals surface area contributed by atoms with Crippen LogP contribution in [0.25, 0.3) is 11.5 Å². The molecule has 0 saturated carbocycles. The van der Waals surface area contributed by atoms with E-state index in [1.165, 1.54) is 11.3 Å². The topological polar surface area (TPSA) is 93.8 Å². The molecule has 0 aliphatic carbocycles. The standard InChI is InChI=1S/C13H10BrN5O2S2/c1-7-16-18-12(23-7)15-10(20)6-22-13-19-17-11(21-13)8-4-2-3-5-9(8)14/h2-5H,6H2,1H3,(H,15,18,20). The zero-order chi connectivity index (χ0) is 16.2. The zero-order valence-corrected chi connectivity index (χ0v) is 15.0. The second-order valence-electron chi connectivity index (χ2n) is 4.32. The summed E-state index contributed by atoms with van der Waals surface area (Å²) in [7, 11) is 0. The average Bonchev–Trinajstić information content (AvgIpc) is 3.15. The third-order valence-corrected chi connectivity index (χ3v) is 4.87. The van der Waals surface area contributed by atoms with Crippen molar-refractivity contribution in [1.82, 2.24) is 20.4 Å². The molecule has 2 aromatic heterocycles. The first kappa shape index (κ1) is 16.1. The lowest BCUT2D eigenvalue weighted by Crippen LogP contribution is -2.13. The summed E-state index contributed by atoms with van der Waals surface area (Å²) in [4.78, 5) is 11.8. The molecular weight excluding hydrogens is 402 g/mol. The number of aryl methyl sites for hydroxylation is 1. The summed E-state index contributed by atoms with van der Waals surface area (Å²) in [6, 6.07) is 7.55. The monoisotopic (exact) mass is 411 g/mol. The van der Waals surface area contributed by atoms with Crippen LogP contribution in [0.5, 0.6) is 0 Å². The largest absolute Gasteiger partial charge is 0.411 e. The number of anilines is 1. The van der Waals surface area contributed by atoms with Crippen molar-refractivity contribution in [2.45, 2.75) is 12.1 Å². The maximum atomic E-state index is 11.8. The Morgan fingerprint density at radius 3 is 2.87 bits per heavy atom. The number of hydrogen-bond acceptors (Lipinski definition) is 8. The highest BCUT2D eigenvalue weighted by Crippen LogP contribution is 2.29. The van der Waals surface area contributed by atoms with Crippen LogP contribution in [0.1, 0.15) is 5.01 Å². The summed E-state index contributed by atoms with van der Waals surface area (Å²) in [5.74, 6) is 0.350. The van der Waals surface area contributed by atoms with E-state index in [9.17, 15) is 4.79 Å². The van der Waals surface area contributed by atoms with Crippen molar-refractivity contribution in [3.05, 3.63) is 33.7 Å². The predicted molar refractivity (Wildman–Crippen MR) is 91.4 cm³/mol. The van der Waals surface area contributed by atoms with Crippen molar-refractivity contribution in [3.63, 3.8) is 0 Å². The number of amides is 1. The highest BCUT2D eigenvalue weighted by atomic mass is 79.9. The Balaban J connectivity index is 1.59. The normalized spacial score (nSPS) is 10.7. The number of benzene rings is 1. The predicted octanol–water partition coefficient (Wildman–Crippen LogP) is 3.39. The Morgan fingerprint density at radius 1 is 1.30 bits per heavy atom. The van der Waals surface area contributed by atoms with Crippen LogP contribution >= 0.6 is 39.0 Å². The van der Waals surface area contributed by atoms with Crippen molar-refractivity contribution in [2.75, 3.05) is 11.1 Å². The van der Waals surface area contributed by atoms with Gasteiger partial charge in [0.1, 0.15) is 5.01 Å². The van der Waals surface area contributed by atoms with Crippen LogP contribution in [0, 0.1) is 6.92 Å². The SMILES string of the molecule is Cc1nnc(NC(=O)CSc2nnc(-c3ccccc3Br)o2)s1. The number of nitrogens with zero attached hydrogens (tertiary/aromatic N) is 4. The highest BCUT2D eigenvalue weighted by Gasteiger charge is 2.13. The number of aromatic nitrogens is 4. The summed E-state index contributed by atoms with van der Waals surface area (Å²) in [5.41, 5.74) is 0.806. The molecule has 0 atom stereocenters. The molecule has 0 saturated heterocycles. The number of thioether (sulfide) groups is 1. The quantitative estimate of drug-likeness (QED) is 0.642. The second-order valence-corrected chi connectivity index (χ2v) is 7.28. The molecule has 1 N–H and O–H groups in total. The number of rotatable bonds is 5. The van der Waals surface area contributed by atoms with Gasteiger partial charge in [-0.1, -0.05) is 35.2 Å². The Bertz CT molecular complexity index is 835. The minimum atomic E-state index is -0.202. The Kier molecular flexibility index (Phi) is 5.03. The van der Waals surface area contributed by atoms with Gasteiger partial charge in [0, 0.05) is 4.47 Å². The van der Waals surface area contributed by atoms with Gasteiger partial charge in [-0.2, -0.15) is 0 Å². The van der Waals surface area contributed by atoms with E-state index < -0.39 is 0 Å². The first-order valence-electron chi connectivity index (χ1n) is 6.43. The second kappa shape index (κ2) is 7.20. The lowest BCUT2D eigenvalue weighted by molar-refractivity contribution is -0.113. The van der Waals surface area contributed by atoms with Crippen molar-refractivity contribution in [3.8, 4) is 11.5 Å². The molecule has 0 radical (unpaired) electrons. The van der Waals surface area contributed by atoms with Crippen LogP contribution in [0.3, 0.4) is 0 Å². The van der Waals surface area contributed by atoms with E-state index in [2.05, 4.69) is 41.6 Å². The van der Waals surface area contributed by atoms with Gasteiger partial charge in [0.15, 0.2) is 0 Å². The van der Waals surface area contributed by atoms with Crippen LogP contribution in [0.2, 0.25) is 0 Å². The van der Waals surface area contributed by atoms with E-state index in [1.807, 2.05) is 31.2 Å². The fourth-order valence-corrected chi connectivity index (χ4v) is 3.27. The smallest absolute Gasteiger partial charge is 0.277 e. The first-order chi connectivity index (χ1) is 11.1. The molecular formula is C13H10BrN5O2S2. The Morgan fingerprint density at radius 2 is 2.13 bits per heavy atom. The molecule has 1 aromatic carbocycles. The lowest BCUT2D eigenvalue weighted by atomic mass is 10.2. The molecule has 0 aliphatic rings. The average molecular weight is 412 g/mol. The van der Waals surface area contributed by atoms with Crippen molar-refractivity contribution in [1.29, 1.82) is 0 Å². The molecule has 7 nitrogen and oxygen atoms in total. The summed E-state index contributed by atoms with van der Waals surface area (Å²) in [6.45, 7) is 1.82. The molecule has 3 aromatic rings. The van der Waals surface area contributed by atoms with E-state index in [1.54, 1.807) is 0 Å². The Labute approximate surface area is 148 Å². The summed E-state index contributed by atoms with van der Waals surface area (Å²) < 4.78 is 6.43. The van der Waals surface area contributed by atoms with E-state index in [4.69, 9.17) is 4.42 Å². The summed E-state index contributed by atoms with van der Waals surface area (Å²) in [5, 5.41) is 19.9. The molecule has 0 bridgehead atoms. The van der Waals surface area contributed by atoms with Gasteiger partial charge >= 0.3 is 0 Å². The fourth-order valence-electron chi connectivity index (χ4n) is 1.64. The van der Waals surface area contributed by atoms with Crippen molar-refractivity contribution in [2.24, 2.45) is 0 Å². The van der Waals surface area contributed by atoms with Crippen LogP contribution in [-0.4, -0.2) is 32.1 Å². The first-order valence-corrected chi connectivity index (χ1v) is 9.02. The Hall–Kier alpha value is -1.78. The van der Waals surface area contributed by atoms with E-state index >= 15 is 0 Å². The zero-order valence-electron chi connectivity index (χ0n) is 11.8. The summed E-state index contributed by atoms with van der Waals surface area (Å²) >= 11 is 5.92. The number of nitrogens with one attached hydrogen (secondary N) is 1. The number of halogens is 1. The molecule has 0 spiro atoms. The van der Waals surface area contributed by atoms with Gasteiger partial charge in [-0.25, -0.2) is 0 Å². The molecule has 0 unspecified atom stereocenters. The lowest BCUT2D eigenvalue weighted by Gasteiger charge is -1.98. The third kappa shape index (κ3) is 4.15. The van der Waals surface area contributed by atoms with Gasteiger partial charge in [0.25, 0.3) is 5.22 Å². The van der Waals surface area contributed by atoms with Crippen LogP contribution in [0.4, 0.5) is 5.13 Å².